The quantitative estimate of drug-likeness (QED) is 0.914. The van der Waals surface area contributed by atoms with E-state index in [0.717, 1.165) is 11.3 Å². The maximum absolute atomic E-state index is 13.4. The number of furan rings is 1. The van der Waals surface area contributed by atoms with E-state index in [0.29, 0.717) is 38.3 Å². The topological polar surface area (TPSA) is 54.7 Å². The predicted octanol–water partition coefficient (Wildman–Crippen LogP) is 2.42. The van der Waals surface area contributed by atoms with Crippen molar-refractivity contribution in [2.75, 3.05) is 26.2 Å². The van der Waals surface area contributed by atoms with Gasteiger partial charge in [0, 0.05) is 13.1 Å². The molecule has 0 bridgehead atoms. The third kappa shape index (κ3) is 4.21. The van der Waals surface area contributed by atoms with Crippen LogP contribution in [-0.4, -0.2) is 37.0 Å². The molecule has 0 aliphatic carbocycles. The first kappa shape index (κ1) is 16.7. The standard InChI is InChI=1S/C18H21FN2O3/c1-13-9-14(4-5-16(13)19)17-11-21(6-8-24-17)12-18(22)20-10-15-3-2-7-23-15/h2-5,7,9,17H,6,8,10-12H2,1H3,(H,20,22)/t17-/m0/s1. The lowest BCUT2D eigenvalue weighted by Crippen LogP contribution is -2.44. The van der Waals surface area contributed by atoms with Gasteiger partial charge in [-0.1, -0.05) is 12.1 Å². The highest BCUT2D eigenvalue weighted by molar-refractivity contribution is 5.77. The van der Waals surface area contributed by atoms with Crippen LogP contribution in [0.5, 0.6) is 0 Å². The molecule has 1 amide bonds. The zero-order valence-electron chi connectivity index (χ0n) is 13.6. The molecule has 6 heteroatoms. The number of rotatable bonds is 5. The molecular formula is C18H21FN2O3. The minimum Gasteiger partial charge on any atom is -0.467 e. The predicted molar refractivity (Wildman–Crippen MR) is 86.8 cm³/mol. The Bertz CT molecular complexity index is 688. The molecule has 1 N–H and O–H groups in total. The van der Waals surface area contributed by atoms with Gasteiger partial charge < -0.3 is 14.5 Å². The van der Waals surface area contributed by atoms with Crippen LogP contribution in [0.25, 0.3) is 0 Å². The first-order valence-corrected chi connectivity index (χ1v) is 8.01. The summed E-state index contributed by atoms with van der Waals surface area (Å²) >= 11 is 0. The average molecular weight is 332 g/mol. The lowest BCUT2D eigenvalue weighted by atomic mass is 10.0. The smallest absolute Gasteiger partial charge is 0.234 e. The van der Waals surface area contributed by atoms with Crippen molar-refractivity contribution in [3.05, 3.63) is 59.3 Å². The minimum atomic E-state index is -0.219. The van der Waals surface area contributed by atoms with Crippen molar-refractivity contribution in [1.29, 1.82) is 0 Å². The molecule has 1 aromatic carbocycles. The zero-order chi connectivity index (χ0) is 16.9. The van der Waals surface area contributed by atoms with Gasteiger partial charge in [0.25, 0.3) is 0 Å². The van der Waals surface area contributed by atoms with Gasteiger partial charge in [-0.3, -0.25) is 9.69 Å². The number of halogens is 1. The first-order valence-electron chi connectivity index (χ1n) is 8.01. The minimum absolute atomic E-state index is 0.0534. The van der Waals surface area contributed by atoms with Crippen LogP contribution in [0.1, 0.15) is 23.0 Å². The van der Waals surface area contributed by atoms with E-state index in [4.69, 9.17) is 9.15 Å². The molecule has 2 heterocycles. The fourth-order valence-electron chi connectivity index (χ4n) is 2.77. The Morgan fingerprint density at radius 1 is 1.42 bits per heavy atom. The Hall–Kier alpha value is -2.18. The van der Waals surface area contributed by atoms with Crippen LogP contribution in [-0.2, 0) is 16.1 Å². The number of nitrogens with one attached hydrogen (secondary N) is 1. The Labute approximate surface area is 140 Å². The number of aryl methyl sites for hydroxylation is 1. The Morgan fingerprint density at radius 2 is 2.29 bits per heavy atom. The first-order chi connectivity index (χ1) is 11.6. The highest BCUT2D eigenvalue weighted by Gasteiger charge is 2.23. The molecule has 1 aliphatic heterocycles. The lowest BCUT2D eigenvalue weighted by molar-refractivity contribution is -0.124. The molecule has 24 heavy (non-hydrogen) atoms. The monoisotopic (exact) mass is 332 g/mol. The molecule has 5 nitrogen and oxygen atoms in total. The number of benzene rings is 1. The second kappa shape index (κ2) is 7.59. The SMILES string of the molecule is Cc1cc([C@@H]2CN(CC(=O)NCc3ccco3)CCO2)ccc1F. The molecule has 3 rings (SSSR count). The molecule has 0 radical (unpaired) electrons. The second-order valence-electron chi connectivity index (χ2n) is 5.96. The van der Waals surface area contributed by atoms with Gasteiger partial charge >= 0.3 is 0 Å². The van der Waals surface area contributed by atoms with Crippen molar-refractivity contribution in [1.82, 2.24) is 10.2 Å². The second-order valence-corrected chi connectivity index (χ2v) is 5.96. The van der Waals surface area contributed by atoms with Crippen molar-refractivity contribution in [3.63, 3.8) is 0 Å². The van der Waals surface area contributed by atoms with Gasteiger partial charge in [-0.05, 0) is 36.2 Å². The molecule has 128 valence electrons. The van der Waals surface area contributed by atoms with E-state index in [-0.39, 0.29) is 17.8 Å². The van der Waals surface area contributed by atoms with Crippen LogP contribution >= 0.6 is 0 Å². The fraction of sp³-hybridized carbons (Fsp3) is 0.389. The lowest BCUT2D eigenvalue weighted by Gasteiger charge is -2.32. The summed E-state index contributed by atoms with van der Waals surface area (Å²) in [5.74, 6) is 0.455. The third-order valence-corrected chi connectivity index (χ3v) is 4.11. The average Bonchev–Trinajstić information content (AvgIpc) is 3.09. The molecule has 2 aromatic rings. The summed E-state index contributed by atoms with van der Waals surface area (Å²) in [5, 5.41) is 2.84. The van der Waals surface area contributed by atoms with Gasteiger partial charge in [0.2, 0.25) is 5.91 Å². The molecule has 0 saturated carbocycles. The summed E-state index contributed by atoms with van der Waals surface area (Å²) < 4.78 is 24.4. The molecule has 1 atom stereocenters. The number of morpholine rings is 1. The Kier molecular flexibility index (Phi) is 5.27. The normalized spacial score (nSPS) is 18.5. The summed E-state index contributed by atoms with van der Waals surface area (Å²) in [4.78, 5) is 14.1. The Balaban J connectivity index is 1.53. The number of ether oxygens (including phenoxy) is 1. The molecule has 1 saturated heterocycles. The maximum atomic E-state index is 13.4. The zero-order valence-corrected chi connectivity index (χ0v) is 13.6. The fourth-order valence-corrected chi connectivity index (χ4v) is 2.77. The van der Waals surface area contributed by atoms with Gasteiger partial charge in [-0.2, -0.15) is 0 Å². The van der Waals surface area contributed by atoms with Gasteiger partial charge in [0.05, 0.1) is 32.1 Å². The summed E-state index contributed by atoms with van der Waals surface area (Å²) in [5.41, 5.74) is 1.54. The van der Waals surface area contributed by atoms with Crippen LogP contribution in [0.15, 0.2) is 41.0 Å². The van der Waals surface area contributed by atoms with Crippen molar-refractivity contribution >= 4 is 5.91 Å². The van der Waals surface area contributed by atoms with Crippen LogP contribution < -0.4 is 5.32 Å². The van der Waals surface area contributed by atoms with Crippen LogP contribution in [0, 0.1) is 12.7 Å². The molecular weight excluding hydrogens is 311 g/mol. The van der Waals surface area contributed by atoms with Gasteiger partial charge in [-0.25, -0.2) is 4.39 Å². The van der Waals surface area contributed by atoms with Crippen LogP contribution in [0.2, 0.25) is 0 Å². The van der Waals surface area contributed by atoms with Gasteiger partial charge in [-0.15, -0.1) is 0 Å². The number of hydrogen-bond acceptors (Lipinski definition) is 4. The highest BCUT2D eigenvalue weighted by atomic mass is 19.1. The van der Waals surface area contributed by atoms with E-state index in [9.17, 15) is 9.18 Å². The van der Waals surface area contributed by atoms with Crippen molar-refractivity contribution in [3.8, 4) is 0 Å². The molecule has 1 aromatic heterocycles. The van der Waals surface area contributed by atoms with Gasteiger partial charge in [0.15, 0.2) is 0 Å². The maximum Gasteiger partial charge on any atom is 0.234 e. The van der Waals surface area contributed by atoms with Gasteiger partial charge in [0.1, 0.15) is 11.6 Å². The number of carbonyl (C=O) groups excluding carboxylic acids is 1. The number of amides is 1. The number of carbonyl (C=O) groups is 1. The highest BCUT2D eigenvalue weighted by Crippen LogP contribution is 2.23. The molecule has 0 spiro atoms. The molecule has 0 unspecified atom stereocenters. The van der Waals surface area contributed by atoms with Crippen molar-refractivity contribution < 1.29 is 18.3 Å². The van der Waals surface area contributed by atoms with Crippen molar-refractivity contribution in [2.24, 2.45) is 0 Å². The van der Waals surface area contributed by atoms with E-state index < -0.39 is 0 Å². The van der Waals surface area contributed by atoms with Crippen LogP contribution in [0.3, 0.4) is 0 Å². The summed E-state index contributed by atoms with van der Waals surface area (Å²) in [6.45, 7) is 4.29. The van der Waals surface area contributed by atoms with E-state index >= 15 is 0 Å². The van der Waals surface area contributed by atoms with E-state index in [1.807, 2.05) is 11.0 Å². The third-order valence-electron chi connectivity index (χ3n) is 4.11. The Morgan fingerprint density at radius 3 is 3.04 bits per heavy atom. The number of nitrogens with zero attached hydrogens (tertiary/aromatic N) is 1. The largest absolute Gasteiger partial charge is 0.467 e. The van der Waals surface area contributed by atoms with E-state index in [2.05, 4.69) is 5.32 Å². The van der Waals surface area contributed by atoms with E-state index in [1.165, 1.54) is 6.07 Å². The van der Waals surface area contributed by atoms with E-state index in [1.54, 1.807) is 31.4 Å². The molecule has 1 aliphatic rings. The summed E-state index contributed by atoms with van der Waals surface area (Å²) in [6, 6.07) is 8.62. The van der Waals surface area contributed by atoms with Crippen molar-refractivity contribution in [2.45, 2.75) is 19.6 Å². The summed E-state index contributed by atoms with van der Waals surface area (Å²) in [7, 11) is 0. The molecule has 1 fully saturated rings. The summed E-state index contributed by atoms with van der Waals surface area (Å²) in [6.07, 6.45) is 1.44. The number of hydrogen-bond donors (Lipinski definition) is 1. The van der Waals surface area contributed by atoms with Crippen LogP contribution in [0.4, 0.5) is 4.39 Å².